The van der Waals surface area contributed by atoms with Crippen molar-refractivity contribution in [2.45, 2.75) is 44.9 Å². The third-order valence-corrected chi connectivity index (χ3v) is 7.71. The molecule has 1 aliphatic heterocycles. The molecule has 3 aromatic rings. The molecule has 0 unspecified atom stereocenters. The zero-order chi connectivity index (χ0) is 22.9. The minimum absolute atomic E-state index is 0.0191. The molecule has 0 atom stereocenters. The number of benzene rings is 2. The van der Waals surface area contributed by atoms with Gasteiger partial charge in [0.2, 0.25) is 0 Å². The summed E-state index contributed by atoms with van der Waals surface area (Å²) < 4.78 is 48.5. The largest absolute Gasteiger partial charge is 0.381 e. The summed E-state index contributed by atoms with van der Waals surface area (Å²) in [4.78, 5) is 0.106. The Balaban J connectivity index is 1.68. The minimum atomic E-state index is -3.97. The summed E-state index contributed by atoms with van der Waals surface area (Å²) in [5.74, 6) is 0.00124. The third kappa shape index (κ3) is 4.66. The van der Waals surface area contributed by atoms with Gasteiger partial charge in [0.25, 0.3) is 10.0 Å². The van der Waals surface area contributed by atoms with Crippen LogP contribution in [0.25, 0.3) is 10.9 Å². The van der Waals surface area contributed by atoms with E-state index in [2.05, 4.69) is 10.2 Å². The van der Waals surface area contributed by atoms with Gasteiger partial charge in [0, 0.05) is 30.8 Å². The Morgan fingerprint density at radius 3 is 2.62 bits per heavy atom. The molecule has 2 heterocycles. The quantitative estimate of drug-likeness (QED) is 0.549. The van der Waals surface area contributed by atoms with Crippen LogP contribution in [-0.4, -0.2) is 38.4 Å². The van der Waals surface area contributed by atoms with Crippen LogP contribution in [0.15, 0.2) is 41.3 Å². The van der Waals surface area contributed by atoms with E-state index in [0.717, 1.165) is 49.1 Å². The molecule has 1 aliphatic rings. The molecule has 32 heavy (non-hydrogen) atoms. The first-order chi connectivity index (χ1) is 15.3. The van der Waals surface area contributed by atoms with Gasteiger partial charge in [-0.15, -0.1) is 0 Å². The highest BCUT2D eigenvalue weighted by molar-refractivity contribution is 7.92. The first-order valence-corrected chi connectivity index (χ1v) is 12.5. The number of sulfonamides is 1. The second-order valence-electron chi connectivity index (χ2n) is 9.03. The van der Waals surface area contributed by atoms with Crippen LogP contribution >= 0.6 is 0 Å². The summed E-state index contributed by atoms with van der Waals surface area (Å²) in [6, 6.07) is 9.59. The molecule has 0 spiro atoms. The zero-order valence-corrected chi connectivity index (χ0v) is 19.6. The minimum Gasteiger partial charge on any atom is -0.381 e. The van der Waals surface area contributed by atoms with E-state index < -0.39 is 15.8 Å². The van der Waals surface area contributed by atoms with Gasteiger partial charge in [-0.25, -0.2) is 12.8 Å². The van der Waals surface area contributed by atoms with E-state index >= 15 is 0 Å². The monoisotopic (exact) mass is 459 g/mol. The number of rotatable bonds is 7. The van der Waals surface area contributed by atoms with Gasteiger partial charge in [-0.1, -0.05) is 19.9 Å². The van der Waals surface area contributed by atoms with Crippen LogP contribution in [0.1, 0.15) is 37.9 Å². The van der Waals surface area contributed by atoms with Crippen LogP contribution in [0.4, 0.5) is 10.1 Å². The van der Waals surface area contributed by atoms with Gasteiger partial charge < -0.3 is 4.74 Å². The number of anilines is 1. The maximum Gasteiger partial charge on any atom is 0.264 e. The number of aryl methyl sites for hydroxylation is 1. The Morgan fingerprint density at radius 1 is 1.19 bits per heavy atom. The fourth-order valence-electron chi connectivity index (χ4n) is 4.20. The van der Waals surface area contributed by atoms with Crippen LogP contribution in [0.3, 0.4) is 0 Å². The molecule has 2 aromatic carbocycles. The predicted molar refractivity (Wildman–Crippen MR) is 124 cm³/mol. The fraction of sp³-hybridized carbons (Fsp3) is 0.458. The molecule has 1 saturated heterocycles. The van der Waals surface area contributed by atoms with Gasteiger partial charge in [0.05, 0.1) is 16.1 Å². The Labute approximate surface area is 188 Å². The van der Waals surface area contributed by atoms with Crippen LogP contribution in [0.5, 0.6) is 0 Å². The molecule has 0 radical (unpaired) electrons. The highest BCUT2D eigenvalue weighted by atomic mass is 32.2. The maximum atomic E-state index is 14.7. The van der Waals surface area contributed by atoms with E-state index in [1.54, 1.807) is 31.2 Å². The van der Waals surface area contributed by atoms with Crippen molar-refractivity contribution in [3.63, 3.8) is 0 Å². The summed E-state index contributed by atoms with van der Waals surface area (Å²) in [7, 11) is -3.97. The number of nitrogens with zero attached hydrogens (tertiary/aromatic N) is 2. The average Bonchev–Trinajstić information content (AvgIpc) is 3.15. The third-order valence-electron chi connectivity index (χ3n) is 5.93. The zero-order valence-electron chi connectivity index (χ0n) is 18.8. The molecule has 0 aliphatic carbocycles. The number of hydrogen-bond acceptors (Lipinski definition) is 4. The van der Waals surface area contributed by atoms with E-state index in [1.807, 2.05) is 13.8 Å². The fourth-order valence-corrected chi connectivity index (χ4v) is 5.86. The maximum absolute atomic E-state index is 14.7. The number of nitrogens with one attached hydrogen (secondary N) is 1. The van der Waals surface area contributed by atoms with E-state index in [-0.39, 0.29) is 23.0 Å². The van der Waals surface area contributed by atoms with Crippen LogP contribution in [-0.2, 0) is 21.2 Å². The number of ether oxygens (including phenoxy) is 1. The molecule has 0 saturated carbocycles. The molecule has 8 heteroatoms. The lowest BCUT2D eigenvalue weighted by Gasteiger charge is -2.26. The van der Waals surface area contributed by atoms with Gasteiger partial charge in [0.1, 0.15) is 5.82 Å². The molecule has 4 rings (SSSR count). The summed E-state index contributed by atoms with van der Waals surface area (Å²) >= 11 is 0. The molecule has 172 valence electrons. The predicted octanol–water partition coefficient (Wildman–Crippen LogP) is 4.83. The average molecular weight is 460 g/mol. The van der Waals surface area contributed by atoms with Crippen molar-refractivity contribution in [2.24, 2.45) is 11.8 Å². The second-order valence-corrected chi connectivity index (χ2v) is 10.9. The lowest BCUT2D eigenvalue weighted by molar-refractivity contribution is 0.0663. The molecule has 1 fully saturated rings. The van der Waals surface area contributed by atoms with E-state index in [4.69, 9.17) is 4.74 Å². The number of aromatic amines is 1. The van der Waals surface area contributed by atoms with Crippen molar-refractivity contribution in [3.8, 4) is 0 Å². The molecular formula is C24H30FN3O3S. The van der Waals surface area contributed by atoms with Gasteiger partial charge >= 0.3 is 0 Å². The van der Waals surface area contributed by atoms with Crippen LogP contribution in [0.2, 0.25) is 0 Å². The van der Waals surface area contributed by atoms with Gasteiger partial charge in [0.15, 0.2) is 0 Å². The molecular weight excluding hydrogens is 429 g/mol. The molecule has 1 N–H and O–H groups in total. The van der Waals surface area contributed by atoms with Crippen LogP contribution in [0, 0.1) is 24.6 Å². The van der Waals surface area contributed by atoms with Crippen molar-refractivity contribution in [3.05, 3.63) is 53.5 Å². The van der Waals surface area contributed by atoms with Crippen molar-refractivity contribution >= 4 is 26.6 Å². The number of fused-ring (bicyclic) bond motifs is 1. The highest BCUT2D eigenvalue weighted by Gasteiger charge is 2.28. The van der Waals surface area contributed by atoms with Gasteiger partial charge in [-0.2, -0.15) is 5.10 Å². The van der Waals surface area contributed by atoms with E-state index in [1.165, 1.54) is 16.4 Å². The SMILES string of the molecule is Cc1ccc(N(CC(C)C)S(=O)(=O)c2ccc3c(CC4CCOCC4)[nH]nc3c2)c(F)c1. The summed E-state index contributed by atoms with van der Waals surface area (Å²) in [5, 5.41) is 8.38. The first-order valence-electron chi connectivity index (χ1n) is 11.1. The highest BCUT2D eigenvalue weighted by Crippen LogP contribution is 2.31. The first kappa shape index (κ1) is 22.7. The lowest BCUT2D eigenvalue weighted by Crippen LogP contribution is -2.35. The number of halogens is 1. The van der Waals surface area contributed by atoms with E-state index in [9.17, 15) is 12.8 Å². The van der Waals surface area contributed by atoms with Crippen molar-refractivity contribution in [2.75, 3.05) is 24.1 Å². The molecule has 0 amide bonds. The topological polar surface area (TPSA) is 75.3 Å². The molecule has 0 bridgehead atoms. The number of H-pyrrole nitrogens is 1. The Kier molecular flexibility index (Phi) is 6.53. The second kappa shape index (κ2) is 9.19. The Hall–Kier alpha value is -2.45. The smallest absolute Gasteiger partial charge is 0.264 e. The molecule has 1 aromatic heterocycles. The lowest BCUT2D eigenvalue weighted by atomic mass is 9.94. The van der Waals surface area contributed by atoms with Crippen molar-refractivity contribution < 1.29 is 17.5 Å². The summed E-state index contributed by atoms with van der Waals surface area (Å²) in [6.07, 6.45) is 2.89. The Morgan fingerprint density at radius 2 is 1.94 bits per heavy atom. The summed E-state index contributed by atoms with van der Waals surface area (Å²) in [5.41, 5.74) is 2.41. The molecule has 6 nitrogen and oxygen atoms in total. The van der Waals surface area contributed by atoms with E-state index in [0.29, 0.717) is 11.4 Å². The number of hydrogen-bond donors (Lipinski definition) is 1. The normalized spacial score (nSPS) is 15.5. The Bertz CT molecular complexity index is 1200. The van der Waals surface area contributed by atoms with Crippen molar-refractivity contribution in [1.29, 1.82) is 0 Å². The van der Waals surface area contributed by atoms with Crippen LogP contribution < -0.4 is 4.31 Å². The number of aromatic nitrogens is 2. The van der Waals surface area contributed by atoms with Gasteiger partial charge in [-0.3, -0.25) is 9.40 Å². The van der Waals surface area contributed by atoms with Gasteiger partial charge in [-0.05, 0) is 73.9 Å². The summed E-state index contributed by atoms with van der Waals surface area (Å²) in [6.45, 7) is 7.33. The van der Waals surface area contributed by atoms with Crippen molar-refractivity contribution in [1.82, 2.24) is 10.2 Å². The standard InChI is InChI=1S/C24H30FN3O3S/c1-16(2)15-28(24-7-4-17(3)12-21(24)25)32(29,30)19-5-6-20-22(26-27-23(20)14-19)13-18-8-10-31-11-9-18/h4-7,12,14,16,18H,8-11,13,15H2,1-3H3,(H,26,27).